The highest BCUT2D eigenvalue weighted by molar-refractivity contribution is 7.89. The molecular formula is C7H16N2O2S. The second-order valence-corrected chi connectivity index (χ2v) is 5.04. The van der Waals surface area contributed by atoms with Crippen molar-refractivity contribution >= 4 is 10.0 Å². The molecule has 2 N–H and O–H groups in total. The third-order valence-electron chi connectivity index (χ3n) is 1.76. The highest BCUT2D eigenvalue weighted by Gasteiger charge is 2.26. The molecular weight excluding hydrogens is 176 g/mol. The maximum atomic E-state index is 11.2. The molecule has 0 spiro atoms. The second kappa shape index (κ2) is 4.20. The van der Waals surface area contributed by atoms with Crippen molar-refractivity contribution in [1.29, 1.82) is 0 Å². The van der Waals surface area contributed by atoms with E-state index in [1.165, 1.54) is 0 Å². The van der Waals surface area contributed by atoms with E-state index in [0.29, 0.717) is 6.42 Å². The molecule has 0 saturated heterocycles. The molecule has 12 heavy (non-hydrogen) atoms. The highest BCUT2D eigenvalue weighted by atomic mass is 32.2. The quantitative estimate of drug-likeness (QED) is 0.567. The van der Waals surface area contributed by atoms with Gasteiger partial charge in [-0.1, -0.05) is 0 Å². The Balaban J connectivity index is 2.17. The van der Waals surface area contributed by atoms with E-state index in [1.54, 1.807) is 0 Å². The van der Waals surface area contributed by atoms with Gasteiger partial charge in [0.15, 0.2) is 0 Å². The van der Waals surface area contributed by atoms with E-state index in [0.717, 1.165) is 19.4 Å². The molecule has 5 heteroatoms. The molecule has 0 atom stereocenters. The fourth-order valence-corrected chi connectivity index (χ4v) is 2.34. The lowest BCUT2D eigenvalue weighted by atomic mass is 10.5. The normalized spacial score (nSPS) is 18.1. The van der Waals surface area contributed by atoms with Crippen LogP contribution in [0.4, 0.5) is 0 Å². The molecule has 0 aromatic heterocycles. The van der Waals surface area contributed by atoms with Gasteiger partial charge in [-0.05, 0) is 32.9 Å². The van der Waals surface area contributed by atoms with E-state index in [-0.39, 0.29) is 11.8 Å². The van der Waals surface area contributed by atoms with Gasteiger partial charge in [-0.3, -0.25) is 0 Å². The standard InChI is InChI=1S/C7H16N2O2S/c1-8-5-2-6-12(10,11)9-7-3-4-7/h7-9H,2-6H2,1H3. The van der Waals surface area contributed by atoms with Crippen LogP contribution in [0, 0.1) is 0 Å². The number of hydrogen-bond donors (Lipinski definition) is 2. The minimum absolute atomic E-state index is 0.240. The monoisotopic (exact) mass is 192 g/mol. The van der Waals surface area contributed by atoms with Gasteiger partial charge < -0.3 is 5.32 Å². The predicted molar refractivity (Wildman–Crippen MR) is 48.5 cm³/mol. The van der Waals surface area contributed by atoms with Crippen LogP contribution >= 0.6 is 0 Å². The summed E-state index contributed by atoms with van der Waals surface area (Å²) < 4.78 is 25.1. The Kier molecular flexibility index (Phi) is 3.49. The largest absolute Gasteiger partial charge is 0.320 e. The Morgan fingerprint density at radius 2 is 2.08 bits per heavy atom. The van der Waals surface area contributed by atoms with Gasteiger partial charge in [-0.25, -0.2) is 13.1 Å². The first-order chi connectivity index (χ1) is 5.64. The fourth-order valence-electron chi connectivity index (χ4n) is 0.953. The van der Waals surface area contributed by atoms with E-state index >= 15 is 0 Å². The summed E-state index contributed by atoms with van der Waals surface area (Å²) >= 11 is 0. The smallest absolute Gasteiger partial charge is 0.211 e. The average Bonchev–Trinajstić information content (AvgIpc) is 2.71. The number of nitrogens with one attached hydrogen (secondary N) is 2. The zero-order chi connectivity index (χ0) is 9.03. The maximum Gasteiger partial charge on any atom is 0.211 e. The van der Waals surface area contributed by atoms with Gasteiger partial charge in [-0.15, -0.1) is 0 Å². The topological polar surface area (TPSA) is 58.2 Å². The van der Waals surface area contributed by atoms with Crippen LogP contribution in [-0.4, -0.2) is 33.8 Å². The summed E-state index contributed by atoms with van der Waals surface area (Å²) in [5, 5.41) is 2.92. The third kappa shape index (κ3) is 4.04. The average molecular weight is 192 g/mol. The van der Waals surface area contributed by atoms with Crippen LogP contribution in [0.2, 0.25) is 0 Å². The number of sulfonamides is 1. The highest BCUT2D eigenvalue weighted by Crippen LogP contribution is 2.19. The lowest BCUT2D eigenvalue weighted by Crippen LogP contribution is -2.29. The zero-order valence-electron chi connectivity index (χ0n) is 7.34. The van der Waals surface area contributed by atoms with Crippen LogP contribution in [0.3, 0.4) is 0 Å². The third-order valence-corrected chi connectivity index (χ3v) is 3.28. The van der Waals surface area contributed by atoms with Gasteiger partial charge in [0.05, 0.1) is 5.75 Å². The summed E-state index contributed by atoms with van der Waals surface area (Å²) in [6, 6.07) is 0.240. The summed E-state index contributed by atoms with van der Waals surface area (Å²) in [5.41, 5.74) is 0. The molecule has 4 nitrogen and oxygen atoms in total. The summed E-state index contributed by atoms with van der Waals surface area (Å²) in [4.78, 5) is 0. The van der Waals surface area contributed by atoms with E-state index in [4.69, 9.17) is 0 Å². The van der Waals surface area contributed by atoms with Crippen LogP contribution in [-0.2, 0) is 10.0 Å². The maximum absolute atomic E-state index is 11.2. The molecule has 1 rings (SSSR count). The van der Waals surface area contributed by atoms with Crippen molar-refractivity contribution in [2.75, 3.05) is 19.3 Å². The Morgan fingerprint density at radius 1 is 1.42 bits per heavy atom. The molecule has 1 aliphatic rings. The molecule has 0 aliphatic heterocycles. The van der Waals surface area contributed by atoms with Gasteiger partial charge in [-0.2, -0.15) is 0 Å². The van der Waals surface area contributed by atoms with Crippen LogP contribution < -0.4 is 10.0 Å². The Bertz CT molecular complexity index is 222. The van der Waals surface area contributed by atoms with Gasteiger partial charge in [0.1, 0.15) is 0 Å². The molecule has 1 saturated carbocycles. The Morgan fingerprint density at radius 3 is 2.58 bits per heavy atom. The minimum atomic E-state index is -2.98. The molecule has 0 heterocycles. The molecule has 0 aromatic carbocycles. The molecule has 72 valence electrons. The molecule has 0 aromatic rings. The summed E-state index contributed by atoms with van der Waals surface area (Å²) in [6.07, 6.45) is 2.69. The predicted octanol–water partition coefficient (Wildman–Crippen LogP) is -0.322. The van der Waals surface area contributed by atoms with E-state index < -0.39 is 10.0 Å². The minimum Gasteiger partial charge on any atom is -0.320 e. The van der Waals surface area contributed by atoms with Gasteiger partial charge >= 0.3 is 0 Å². The molecule has 0 bridgehead atoms. The van der Waals surface area contributed by atoms with Crippen molar-refractivity contribution in [2.24, 2.45) is 0 Å². The van der Waals surface area contributed by atoms with Crippen LogP contribution in [0.5, 0.6) is 0 Å². The fraction of sp³-hybridized carbons (Fsp3) is 1.00. The lowest BCUT2D eigenvalue weighted by Gasteiger charge is -2.03. The molecule has 0 unspecified atom stereocenters. The van der Waals surface area contributed by atoms with Gasteiger partial charge in [0.25, 0.3) is 0 Å². The lowest BCUT2D eigenvalue weighted by molar-refractivity contribution is 0.577. The zero-order valence-corrected chi connectivity index (χ0v) is 8.15. The number of hydrogen-bond acceptors (Lipinski definition) is 3. The van der Waals surface area contributed by atoms with Crippen molar-refractivity contribution < 1.29 is 8.42 Å². The Labute approximate surface area is 73.8 Å². The first-order valence-corrected chi connectivity index (χ1v) is 5.94. The van der Waals surface area contributed by atoms with E-state index in [1.807, 2.05) is 7.05 Å². The van der Waals surface area contributed by atoms with Crippen molar-refractivity contribution in [3.8, 4) is 0 Å². The summed E-state index contributed by atoms with van der Waals surface area (Å²) in [6.45, 7) is 0.756. The van der Waals surface area contributed by atoms with E-state index in [2.05, 4.69) is 10.0 Å². The molecule has 0 amide bonds. The van der Waals surface area contributed by atoms with Crippen LogP contribution in [0.1, 0.15) is 19.3 Å². The second-order valence-electron chi connectivity index (χ2n) is 3.17. The van der Waals surface area contributed by atoms with Crippen molar-refractivity contribution in [3.63, 3.8) is 0 Å². The molecule has 1 fully saturated rings. The van der Waals surface area contributed by atoms with Crippen molar-refractivity contribution in [1.82, 2.24) is 10.0 Å². The molecule has 0 radical (unpaired) electrons. The SMILES string of the molecule is CNCCCS(=O)(=O)NC1CC1. The van der Waals surface area contributed by atoms with Crippen LogP contribution in [0.15, 0.2) is 0 Å². The Hall–Kier alpha value is -0.130. The summed E-state index contributed by atoms with van der Waals surface area (Å²) in [5.74, 6) is 0.240. The van der Waals surface area contributed by atoms with Crippen LogP contribution in [0.25, 0.3) is 0 Å². The van der Waals surface area contributed by atoms with E-state index in [9.17, 15) is 8.42 Å². The van der Waals surface area contributed by atoms with Gasteiger partial charge in [0.2, 0.25) is 10.0 Å². The van der Waals surface area contributed by atoms with Gasteiger partial charge in [0, 0.05) is 6.04 Å². The first-order valence-electron chi connectivity index (χ1n) is 4.28. The van der Waals surface area contributed by atoms with Crippen molar-refractivity contribution in [2.45, 2.75) is 25.3 Å². The first kappa shape index (κ1) is 9.95. The van der Waals surface area contributed by atoms with Crippen molar-refractivity contribution in [3.05, 3.63) is 0 Å². The number of rotatable bonds is 6. The molecule has 1 aliphatic carbocycles. The summed E-state index contributed by atoms with van der Waals surface area (Å²) in [7, 11) is -1.16.